The third-order valence-corrected chi connectivity index (χ3v) is 1.22. The Balaban J connectivity index is 0. The number of anilines is 2. The molecule has 0 spiro atoms. The van der Waals surface area contributed by atoms with Crippen LogP contribution in [-0.2, 0) is 0 Å². The molecule has 0 radical (unpaired) electrons. The second-order valence-electron chi connectivity index (χ2n) is 2.78. The summed E-state index contributed by atoms with van der Waals surface area (Å²) < 4.78 is 0. The lowest BCUT2D eigenvalue weighted by Gasteiger charge is -2.07. The van der Waals surface area contributed by atoms with E-state index < -0.39 is 0 Å². The molecular weight excluding hydrogens is 209 g/mol. The SMILES string of the molecule is CC(C)Nc1ccc(N)cn1.Cl.Cl. The first-order chi connectivity index (χ1) is 5.18. The number of pyridine rings is 1. The van der Waals surface area contributed by atoms with E-state index in [2.05, 4.69) is 24.1 Å². The van der Waals surface area contributed by atoms with E-state index in [-0.39, 0.29) is 24.8 Å². The molecule has 1 heterocycles. The lowest BCUT2D eigenvalue weighted by Crippen LogP contribution is -2.10. The van der Waals surface area contributed by atoms with Crippen LogP contribution >= 0.6 is 24.8 Å². The summed E-state index contributed by atoms with van der Waals surface area (Å²) in [7, 11) is 0. The Kier molecular flexibility index (Phi) is 7.76. The normalized spacial score (nSPS) is 8.54. The molecule has 1 rings (SSSR count). The molecule has 3 nitrogen and oxygen atoms in total. The summed E-state index contributed by atoms with van der Waals surface area (Å²) in [5.74, 6) is 0.870. The Morgan fingerprint density at radius 2 is 1.92 bits per heavy atom. The van der Waals surface area contributed by atoms with Gasteiger partial charge in [-0.1, -0.05) is 0 Å². The molecule has 0 saturated heterocycles. The van der Waals surface area contributed by atoms with Crippen LogP contribution in [-0.4, -0.2) is 11.0 Å². The van der Waals surface area contributed by atoms with Gasteiger partial charge < -0.3 is 11.1 Å². The average molecular weight is 224 g/mol. The Morgan fingerprint density at radius 3 is 2.31 bits per heavy atom. The number of nitrogens with zero attached hydrogens (tertiary/aromatic N) is 1. The molecular formula is C8H15Cl2N3. The van der Waals surface area contributed by atoms with Crippen LogP contribution in [0.2, 0.25) is 0 Å². The maximum absolute atomic E-state index is 5.47. The molecule has 0 bridgehead atoms. The molecule has 0 saturated carbocycles. The van der Waals surface area contributed by atoms with Crippen molar-refractivity contribution in [3.8, 4) is 0 Å². The fourth-order valence-corrected chi connectivity index (χ4v) is 0.786. The molecule has 5 heteroatoms. The number of aromatic nitrogens is 1. The van der Waals surface area contributed by atoms with Gasteiger partial charge >= 0.3 is 0 Å². The predicted molar refractivity (Wildman–Crippen MR) is 61.9 cm³/mol. The molecule has 0 amide bonds. The van der Waals surface area contributed by atoms with Crippen LogP contribution in [0, 0.1) is 0 Å². The monoisotopic (exact) mass is 223 g/mol. The minimum Gasteiger partial charge on any atom is -0.397 e. The highest BCUT2D eigenvalue weighted by Gasteiger charge is 1.94. The first-order valence-electron chi connectivity index (χ1n) is 3.66. The molecule has 1 aromatic heterocycles. The third-order valence-electron chi connectivity index (χ3n) is 1.22. The van der Waals surface area contributed by atoms with E-state index in [4.69, 9.17) is 5.73 Å². The highest BCUT2D eigenvalue weighted by molar-refractivity contribution is 5.85. The number of nitrogen functional groups attached to an aromatic ring is 1. The molecule has 0 aromatic carbocycles. The van der Waals surface area contributed by atoms with Gasteiger partial charge in [0.05, 0.1) is 11.9 Å². The van der Waals surface area contributed by atoms with Gasteiger partial charge in [0.1, 0.15) is 5.82 Å². The second-order valence-corrected chi connectivity index (χ2v) is 2.78. The minimum absolute atomic E-state index is 0. The Hall–Kier alpha value is -0.670. The molecule has 0 aliphatic carbocycles. The largest absolute Gasteiger partial charge is 0.397 e. The summed E-state index contributed by atoms with van der Waals surface area (Å²) in [5.41, 5.74) is 6.16. The van der Waals surface area contributed by atoms with Crippen LogP contribution < -0.4 is 11.1 Å². The van der Waals surface area contributed by atoms with E-state index in [9.17, 15) is 0 Å². The zero-order valence-corrected chi connectivity index (χ0v) is 9.28. The lowest BCUT2D eigenvalue weighted by molar-refractivity contribution is 0.889. The summed E-state index contributed by atoms with van der Waals surface area (Å²) in [6, 6.07) is 4.11. The molecule has 0 aliphatic rings. The zero-order valence-electron chi connectivity index (χ0n) is 7.65. The van der Waals surface area contributed by atoms with Crippen LogP contribution in [0.3, 0.4) is 0 Å². The fraction of sp³-hybridized carbons (Fsp3) is 0.375. The molecule has 13 heavy (non-hydrogen) atoms. The quantitative estimate of drug-likeness (QED) is 0.810. The van der Waals surface area contributed by atoms with E-state index in [0.29, 0.717) is 11.7 Å². The van der Waals surface area contributed by atoms with Crippen LogP contribution in [0.25, 0.3) is 0 Å². The van der Waals surface area contributed by atoms with Gasteiger partial charge in [-0.25, -0.2) is 4.98 Å². The first-order valence-corrected chi connectivity index (χ1v) is 3.66. The number of rotatable bonds is 2. The highest BCUT2D eigenvalue weighted by atomic mass is 35.5. The van der Waals surface area contributed by atoms with Gasteiger partial charge in [0.25, 0.3) is 0 Å². The molecule has 0 atom stereocenters. The highest BCUT2D eigenvalue weighted by Crippen LogP contribution is 2.06. The number of hydrogen-bond acceptors (Lipinski definition) is 3. The van der Waals surface area contributed by atoms with E-state index in [1.165, 1.54) is 0 Å². The summed E-state index contributed by atoms with van der Waals surface area (Å²) in [6.07, 6.45) is 1.64. The van der Waals surface area contributed by atoms with Gasteiger partial charge in [0, 0.05) is 6.04 Å². The smallest absolute Gasteiger partial charge is 0.126 e. The Morgan fingerprint density at radius 1 is 1.31 bits per heavy atom. The molecule has 0 unspecified atom stereocenters. The number of halogens is 2. The molecule has 3 N–H and O–H groups in total. The van der Waals surface area contributed by atoms with Crippen molar-refractivity contribution in [3.05, 3.63) is 18.3 Å². The number of hydrogen-bond donors (Lipinski definition) is 2. The van der Waals surface area contributed by atoms with Crippen molar-refractivity contribution in [2.24, 2.45) is 0 Å². The number of nitrogens with one attached hydrogen (secondary N) is 1. The van der Waals surface area contributed by atoms with Crippen molar-refractivity contribution < 1.29 is 0 Å². The molecule has 1 aromatic rings. The van der Waals surface area contributed by atoms with Crippen molar-refractivity contribution in [3.63, 3.8) is 0 Å². The standard InChI is InChI=1S/C8H13N3.2ClH/c1-6(2)11-8-4-3-7(9)5-10-8;;/h3-6H,9H2,1-2H3,(H,10,11);2*1H. The van der Waals surface area contributed by atoms with Gasteiger partial charge in [-0.05, 0) is 26.0 Å². The van der Waals surface area contributed by atoms with Crippen LogP contribution in [0.1, 0.15) is 13.8 Å². The topological polar surface area (TPSA) is 50.9 Å². The molecule has 0 fully saturated rings. The van der Waals surface area contributed by atoms with Crippen LogP contribution in [0.4, 0.5) is 11.5 Å². The van der Waals surface area contributed by atoms with Gasteiger partial charge in [-0.15, -0.1) is 24.8 Å². The zero-order chi connectivity index (χ0) is 8.27. The van der Waals surface area contributed by atoms with Gasteiger partial charge in [0.15, 0.2) is 0 Å². The fourth-order valence-electron chi connectivity index (χ4n) is 0.786. The summed E-state index contributed by atoms with van der Waals surface area (Å²) in [4.78, 5) is 4.08. The van der Waals surface area contributed by atoms with Crippen molar-refractivity contribution in [2.75, 3.05) is 11.1 Å². The molecule has 76 valence electrons. The van der Waals surface area contributed by atoms with E-state index in [1.807, 2.05) is 12.1 Å². The average Bonchev–Trinajstić information content (AvgIpc) is 1.93. The van der Waals surface area contributed by atoms with Crippen molar-refractivity contribution in [1.82, 2.24) is 4.98 Å². The predicted octanol–water partition coefficient (Wildman–Crippen LogP) is 2.33. The van der Waals surface area contributed by atoms with Gasteiger partial charge in [-0.2, -0.15) is 0 Å². The van der Waals surface area contributed by atoms with Crippen LogP contribution in [0.15, 0.2) is 18.3 Å². The summed E-state index contributed by atoms with van der Waals surface area (Å²) >= 11 is 0. The minimum atomic E-state index is 0. The lowest BCUT2D eigenvalue weighted by atomic mass is 10.3. The van der Waals surface area contributed by atoms with Crippen molar-refractivity contribution in [1.29, 1.82) is 0 Å². The maximum Gasteiger partial charge on any atom is 0.126 e. The van der Waals surface area contributed by atoms with Gasteiger partial charge in [-0.3, -0.25) is 0 Å². The second kappa shape index (κ2) is 6.80. The summed E-state index contributed by atoms with van der Waals surface area (Å²) in [6.45, 7) is 4.13. The summed E-state index contributed by atoms with van der Waals surface area (Å²) in [5, 5.41) is 3.17. The number of nitrogens with two attached hydrogens (primary N) is 1. The Bertz CT molecular complexity index is 223. The van der Waals surface area contributed by atoms with Crippen molar-refractivity contribution in [2.45, 2.75) is 19.9 Å². The Labute approximate surface area is 90.9 Å². The first kappa shape index (κ1) is 14.8. The van der Waals surface area contributed by atoms with Gasteiger partial charge in [0.2, 0.25) is 0 Å². The van der Waals surface area contributed by atoms with E-state index >= 15 is 0 Å². The maximum atomic E-state index is 5.47. The van der Waals surface area contributed by atoms with Crippen molar-refractivity contribution >= 4 is 36.3 Å². The third kappa shape index (κ3) is 5.55. The van der Waals surface area contributed by atoms with Crippen LogP contribution in [0.5, 0.6) is 0 Å². The van der Waals surface area contributed by atoms with E-state index in [1.54, 1.807) is 6.20 Å². The molecule has 0 aliphatic heterocycles. The van der Waals surface area contributed by atoms with E-state index in [0.717, 1.165) is 5.82 Å².